The highest BCUT2D eigenvalue weighted by molar-refractivity contribution is 7.92. The number of sulfonamides is 1. The molecule has 0 aliphatic rings. The summed E-state index contributed by atoms with van der Waals surface area (Å²) in [6, 6.07) is 12.9. The topological polar surface area (TPSA) is 66.5 Å². The molecule has 0 bridgehead atoms. The summed E-state index contributed by atoms with van der Waals surface area (Å²) in [4.78, 5) is 12.5. The van der Waals surface area contributed by atoms with Gasteiger partial charge in [-0.05, 0) is 54.2 Å². The molecule has 0 atom stereocenters. The third kappa shape index (κ3) is 5.32. The summed E-state index contributed by atoms with van der Waals surface area (Å²) in [5.74, 6) is -0.381. The maximum absolute atomic E-state index is 12.5. The number of benzene rings is 2. The fraction of sp³-hybridized carbons (Fsp3) is 0.381. The van der Waals surface area contributed by atoms with Crippen LogP contribution in [0.1, 0.15) is 37.5 Å². The van der Waals surface area contributed by atoms with Crippen LogP contribution >= 0.6 is 0 Å². The Morgan fingerprint density at radius 3 is 2.15 bits per heavy atom. The lowest BCUT2D eigenvalue weighted by atomic mass is 9.87. The van der Waals surface area contributed by atoms with Crippen LogP contribution < -0.4 is 9.62 Å². The third-order valence-corrected chi connectivity index (χ3v) is 5.73. The molecule has 0 radical (unpaired) electrons. The standard InChI is InChI=1S/C21H28N2O3S/c1-15-8-7-9-19(16(15)2)22-20(24)14-23(27(6,25)26)18-12-10-17(11-13-18)21(3,4)5/h7-13H,14H2,1-6H3,(H,22,24). The van der Waals surface area contributed by atoms with Gasteiger partial charge in [0.25, 0.3) is 0 Å². The van der Waals surface area contributed by atoms with E-state index in [0.717, 1.165) is 27.3 Å². The van der Waals surface area contributed by atoms with Crippen molar-refractivity contribution in [3.8, 4) is 0 Å². The van der Waals surface area contributed by atoms with E-state index in [2.05, 4.69) is 26.1 Å². The van der Waals surface area contributed by atoms with Crippen LogP contribution in [0.3, 0.4) is 0 Å². The predicted molar refractivity (Wildman–Crippen MR) is 112 cm³/mol. The summed E-state index contributed by atoms with van der Waals surface area (Å²) in [6.45, 7) is 9.88. The van der Waals surface area contributed by atoms with Gasteiger partial charge in [-0.1, -0.05) is 45.0 Å². The number of carbonyl (C=O) groups excluding carboxylic acids is 1. The van der Waals surface area contributed by atoms with Crippen molar-refractivity contribution < 1.29 is 13.2 Å². The fourth-order valence-corrected chi connectivity index (χ4v) is 3.59. The predicted octanol–water partition coefficient (Wildman–Crippen LogP) is 4.01. The molecule has 0 saturated heterocycles. The van der Waals surface area contributed by atoms with E-state index in [1.807, 2.05) is 44.2 Å². The molecule has 6 heteroatoms. The molecule has 1 N–H and O–H groups in total. The van der Waals surface area contributed by atoms with Crippen molar-refractivity contribution in [3.63, 3.8) is 0 Å². The van der Waals surface area contributed by atoms with Gasteiger partial charge in [-0.25, -0.2) is 8.42 Å². The molecule has 1 amide bonds. The first-order valence-corrected chi connectivity index (χ1v) is 10.7. The van der Waals surface area contributed by atoms with Crippen LogP contribution in [0.4, 0.5) is 11.4 Å². The average molecular weight is 389 g/mol. The van der Waals surface area contributed by atoms with E-state index in [4.69, 9.17) is 0 Å². The SMILES string of the molecule is Cc1cccc(NC(=O)CN(c2ccc(C(C)(C)C)cc2)S(C)(=O)=O)c1C. The molecule has 5 nitrogen and oxygen atoms in total. The summed E-state index contributed by atoms with van der Waals surface area (Å²) in [5, 5.41) is 2.81. The van der Waals surface area contributed by atoms with Crippen LogP contribution in [0.15, 0.2) is 42.5 Å². The lowest BCUT2D eigenvalue weighted by molar-refractivity contribution is -0.114. The largest absolute Gasteiger partial charge is 0.324 e. The zero-order valence-corrected chi connectivity index (χ0v) is 17.6. The van der Waals surface area contributed by atoms with Gasteiger partial charge in [-0.2, -0.15) is 0 Å². The van der Waals surface area contributed by atoms with Crippen molar-refractivity contribution in [2.45, 2.75) is 40.0 Å². The zero-order valence-electron chi connectivity index (χ0n) is 16.8. The number of rotatable bonds is 5. The molecule has 0 fully saturated rings. The van der Waals surface area contributed by atoms with E-state index in [9.17, 15) is 13.2 Å². The normalized spacial score (nSPS) is 11.9. The molecule has 0 aromatic heterocycles. The van der Waals surface area contributed by atoms with Gasteiger partial charge >= 0.3 is 0 Å². The van der Waals surface area contributed by atoms with Crippen LogP contribution in [0.25, 0.3) is 0 Å². The van der Waals surface area contributed by atoms with Crippen LogP contribution in [0, 0.1) is 13.8 Å². The first-order valence-electron chi connectivity index (χ1n) is 8.84. The van der Waals surface area contributed by atoms with Crippen LogP contribution in [0.5, 0.6) is 0 Å². The smallest absolute Gasteiger partial charge is 0.245 e. The second kappa shape index (κ2) is 7.72. The Kier molecular flexibility index (Phi) is 6.00. The van der Waals surface area contributed by atoms with Gasteiger partial charge in [0.2, 0.25) is 15.9 Å². The van der Waals surface area contributed by atoms with Crippen LogP contribution in [-0.2, 0) is 20.2 Å². The number of carbonyl (C=O) groups is 1. The van der Waals surface area contributed by atoms with Gasteiger partial charge in [0.1, 0.15) is 6.54 Å². The second-order valence-corrected chi connectivity index (χ2v) is 9.77. The first-order chi connectivity index (χ1) is 12.4. The third-order valence-electron chi connectivity index (χ3n) is 4.59. The van der Waals surface area contributed by atoms with Crippen molar-refractivity contribution in [2.24, 2.45) is 0 Å². The summed E-state index contributed by atoms with van der Waals surface area (Å²) in [6.07, 6.45) is 1.11. The number of nitrogens with one attached hydrogen (secondary N) is 1. The quantitative estimate of drug-likeness (QED) is 0.842. The minimum Gasteiger partial charge on any atom is -0.324 e. The number of hydrogen-bond donors (Lipinski definition) is 1. The Labute approximate surface area is 162 Å². The van der Waals surface area contributed by atoms with E-state index < -0.39 is 10.0 Å². The fourth-order valence-electron chi connectivity index (χ4n) is 2.73. The van der Waals surface area contributed by atoms with Gasteiger partial charge < -0.3 is 5.32 Å². The van der Waals surface area contributed by atoms with Gasteiger partial charge in [-0.3, -0.25) is 9.10 Å². The van der Waals surface area contributed by atoms with Crippen molar-refractivity contribution in [3.05, 3.63) is 59.2 Å². The lowest BCUT2D eigenvalue weighted by Crippen LogP contribution is -2.37. The Morgan fingerprint density at radius 2 is 1.63 bits per heavy atom. The minimum absolute atomic E-state index is 0.0332. The zero-order chi connectivity index (χ0) is 20.4. The van der Waals surface area contributed by atoms with Crippen molar-refractivity contribution in [2.75, 3.05) is 22.4 Å². The second-order valence-electron chi connectivity index (χ2n) is 7.86. The van der Waals surface area contributed by atoms with E-state index in [1.165, 1.54) is 0 Å². The number of nitrogens with zero attached hydrogens (tertiary/aromatic N) is 1. The molecule has 0 heterocycles. The average Bonchev–Trinajstić information content (AvgIpc) is 2.55. The molecule has 0 aliphatic carbocycles. The summed E-state index contributed by atoms with van der Waals surface area (Å²) < 4.78 is 25.7. The Hall–Kier alpha value is -2.34. The monoisotopic (exact) mass is 388 g/mol. The highest BCUT2D eigenvalue weighted by Gasteiger charge is 2.22. The summed E-state index contributed by atoms with van der Waals surface area (Å²) >= 11 is 0. The van der Waals surface area contributed by atoms with E-state index in [0.29, 0.717) is 11.4 Å². The van der Waals surface area contributed by atoms with E-state index in [1.54, 1.807) is 12.1 Å². The molecule has 2 aromatic rings. The van der Waals surface area contributed by atoms with Crippen molar-refractivity contribution in [1.82, 2.24) is 0 Å². The molecule has 0 saturated carbocycles. The summed E-state index contributed by atoms with van der Waals surface area (Å²) in [5.41, 5.74) is 4.25. The molecule has 146 valence electrons. The molecular weight excluding hydrogens is 360 g/mol. The molecule has 27 heavy (non-hydrogen) atoms. The maximum Gasteiger partial charge on any atom is 0.245 e. The first kappa shape index (κ1) is 21.0. The number of hydrogen-bond acceptors (Lipinski definition) is 3. The lowest BCUT2D eigenvalue weighted by Gasteiger charge is -2.24. The minimum atomic E-state index is -3.60. The van der Waals surface area contributed by atoms with Gasteiger partial charge in [0, 0.05) is 5.69 Å². The highest BCUT2D eigenvalue weighted by atomic mass is 32.2. The molecule has 0 spiro atoms. The van der Waals surface area contributed by atoms with Crippen LogP contribution in [-0.4, -0.2) is 27.1 Å². The Morgan fingerprint density at radius 1 is 1.04 bits per heavy atom. The van der Waals surface area contributed by atoms with Gasteiger partial charge in [0.15, 0.2) is 0 Å². The van der Waals surface area contributed by atoms with Crippen molar-refractivity contribution >= 4 is 27.3 Å². The number of anilines is 2. The molecule has 0 unspecified atom stereocenters. The van der Waals surface area contributed by atoms with Gasteiger partial charge in [-0.15, -0.1) is 0 Å². The number of amides is 1. The maximum atomic E-state index is 12.5. The van der Waals surface area contributed by atoms with Crippen molar-refractivity contribution in [1.29, 1.82) is 0 Å². The van der Waals surface area contributed by atoms with Gasteiger partial charge in [0.05, 0.1) is 11.9 Å². The van der Waals surface area contributed by atoms with E-state index in [-0.39, 0.29) is 17.9 Å². The molecule has 2 rings (SSSR count). The number of aryl methyl sites for hydroxylation is 1. The molecular formula is C21H28N2O3S. The highest BCUT2D eigenvalue weighted by Crippen LogP contribution is 2.26. The van der Waals surface area contributed by atoms with E-state index >= 15 is 0 Å². The molecule has 2 aromatic carbocycles. The summed E-state index contributed by atoms with van der Waals surface area (Å²) in [7, 11) is -3.60. The Bertz CT molecular complexity index is 927. The van der Waals surface area contributed by atoms with Crippen LogP contribution in [0.2, 0.25) is 0 Å². The molecule has 0 aliphatic heterocycles. The Balaban J connectivity index is 2.25.